The molecule has 1 N–H and O–H groups in total. The fourth-order valence-electron chi connectivity index (χ4n) is 2.37. The van der Waals surface area contributed by atoms with Gasteiger partial charge in [-0.3, -0.25) is 0 Å². The van der Waals surface area contributed by atoms with Gasteiger partial charge < -0.3 is 14.8 Å². The summed E-state index contributed by atoms with van der Waals surface area (Å²) in [5.74, 6) is 1.47. The highest BCUT2D eigenvalue weighted by atomic mass is 35.5. The van der Waals surface area contributed by atoms with E-state index in [0.717, 1.165) is 19.5 Å². The molecule has 5 heteroatoms. The third-order valence-corrected chi connectivity index (χ3v) is 3.81. The molecule has 1 unspecified atom stereocenters. The van der Waals surface area contributed by atoms with Crippen molar-refractivity contribution in [3.63, 3.8) is 0 Å². The Morgan fingerprint density at radius 3 is 2.77 bits per heavy atom. The number of benzene rings is 2. The number of hydrogen-bond donors (Lipinski definition) is 1. The van der Waals surface area contributed by atoms with E-state index in [-0.39, 0.29) is 11.9 Å². The molecular weight excluding hydrogens is 305 g/mol. The maximum atomic E-state index is 13.3. The van der Waals surface area contributed by atoms with Gasteiger partial charge in [0, 0.05) is 17.6 Å². The predicted octanol–water partition coefficient (Wildman–Crippen LogP) is 4.32. The van der Waals surface area contributed by atoms with Gasteiger partial charge in [-0.05, 0) is 55.8 Å². The lowest BCUT2D eigenvalue weighted by Gasteiger charge is -2.17. The minimum atomic E-state index is -0.257. The topological polar surface area (TPSA) is 30.5 Å². The van der Waals surface area contributed by atoms with E-state index in [0.29, 0.717) is 27.8 Å². The van der Waals surface area contributed by atoms with E-state index in [1.165, 1.54) is 6.07 Å². The predicted molar refractivity (Wildman–Crippen MR) is 84.6 cm³/mol. The maximum Gasteiger partial charge on any atom is 0.170 e. The summed E-state index contributed by atoms with van der Waals surface area (Å²) < 4.78 is 25.2. The molecule has 3 rings (SSSR count). The van der Waals surface area contributed by atoms with Crippen LogP contribution in [-0.2, 0) is 0 Å². The largest absolute Gasteiger partial charge is 0.485 e. The Hall–Kier alpha value is -1.78. The van der Waals surface area contributed by atoms with Gasteiger partial charge in [0.15, 0.2) is 11.5 Å². The zero-order valence-corrected chi connectivity index (χ0v) is 13.0. The third kappa shape index (κ3) is 3.51. The summed E-state index contributed by atoms with van der Waals surface area (Å²) in [6, 6.07) is 9.89. The second-order valence-electron chi connectivity index (χ2n) is 5.34. The lowest BCUT2D eigenvalue weighted by molar-refractivity contribution is 0.215. The highest BCUT2D eigenvalue weighted by Crippen LogP contribution is 2.35. The fraction of sp³-hybridized carbons (Fsp3) is 0.294. The highest BCUT2D eigenvalue weighted by molar-refractivity contribution is 6.30. The second kappa shape index (κ2) is 6.55. The first-order valence-electron chi connectivity index (χ1n) is 7.23. The zero-order valence-electron chi connectivity index (χ0n) is 12.2. The average Bonchev–Trinajstić information content (AvgIpc) is 2.99. The first-order valence-corrected chi connectivity index (χ1v) is 7.60. The summed E-state index contributed by atoms with van der Waals surface area (Å²) in [7, 11) is 0. The highest BCUT2D eigenvalue weighted by Gasteiger charge is 2.18. The van der Waals surface area contributed by atoms with E-state index < -0.39 is 0 Å². The molecule has 3 nitrogen and oxygen atoms in total. The van der Waals surface area contributed by atoms with E-state index in [4.69, 9.17) is 21.1 Å². The van der Waals surface area contributed by atoms with E-state index in [1.807, 2.05) is 0 Å². The summed E-state index contributed by atoms with van der Waals surface area (Å²) in [5, 5.41) is 3.81. The molecule has 0 amide bonds. The van der Waals surface area contributed by atoms with E-state index in [1.54, 1.807) is 37.3 Å². The molecule has 0 saturated carbocycles. The van der Waals surface area contributed by atoms with Crippen molar-refractivity contribution in [3.8, 4) is 17.2 Å². The van der Waals surface area contributed by atoms with Crippen LogP contribution in [0.2, 0.25) is 5.02 Å². The van der Waals surface area contributed by atoms with Crippen LogP contribution < -0.4 is 14.8 Å². The normalized spacial score (nSPS) is 17.5. The van der Waals surface area contributed by atoms with Gasteiger partial charge in [-0.15, -0.1) is 0 Å². The fourth-order valence-corrected chi connectivity index (χ4v) is 2.54. The zero-order chi connectivity index (χ0) is 15.5. The molecule has 0 aromatic heterocycles. The number of ether oxygens (including phenoxy) is 2. The maximum absolute atomic E-state index is 13.3. The average molecular weight is 322 g/mol. The Balaban J connectivity index is 1.84. The minimum absolute atomic E-state index is 0.124. The number of rotatable bonds is 4. The minimum Gasteiger partial charge on any atom is -0.485 e. The lowest BCUT2D eigenvalue weighted by Crippen LogP contribution is -2.19. The van der Waals surface area contributed by atoms with Gasteiger partial charge >= 0.3 is 0 Å². The summed E-state index contributed by atoms with van der Waals surface area (Å²) in [5.41, 5.74) is 0.530. The van der Waals surface area contributed by atoms with E-state index >= 15 is 0 Å². The van der Waals surface area contributed by atoms with Gasteiger partial charge in [-0.1, -0.05) is 11.6 Å². The van der Waals surface area contributed by atoms with Crippen LogP contribution in [-0.4, -0.2) is 19.2 Å². The first-order chi connectivity index (χ1) is 10.6. The molecular formula is C17H17ClFNO2. The first kappa shape index (κ1) is 15.1. The van der Waals surface area contributed by atoms with Crippen molar-refractivity contribution in [1.29, 1.82) is 0 Å². The van der Waals surface area contributed by atoms with E-state index in [2.05, 4.69) is 5.32 Å². The smallest absolute Gasteiger partial charge is 0.170 e. The van der Waals surface area contributed by atoms with Crippen LogP contribution in [0.5, 0.6) is 17.2 Å². The monoisotopic (exact) mass is 321 g/mol. The Bertz CT molecular complexity index is 672. The molecule has 0 bridgehead atoms. The Morgan fingerprint density at radius 2 is 2.05 bits per heavy atom. The van der Waals surface area contributed by atoms with Crippen molar-refractivity contribution in [2.24, 2.45) is 0 Å². The van der Waals surface area contributed by atoms with Crippen LogP contribution in [0.1, 0.15) is 12.0 Å². The molecule has 1 atom stereocenters. The molecule has 1 aliphatic heterocycles. The van der Waals surface area contributed by atoms with Crippen molar-refractivity contribution < 1.29 is 13.9 Å². The van der Waals surface area contributed by atoms with Gasteiger partial charge in [0.1, 0.15) is 17.7 Å². The number of nitrogens with one attached hydrogen (secondary N) is 1. The van der Waals surface area contributed by atoms with Gasteiger partial charge in [0.2, 0.25) is 0 Å². The van der Waals surface area contributed by atoms with Crippen molar-refractivity contribution in [1.82, 2.24) is 5.32 Å². The number of hydrogen-bond acceptors (Lipinski definition) is 3. The van der Waals surface area contributed by atoms with Gasteiger partial charge in [0.25, 0.3) is 0 Å². The van der Waals surface area contributed by atoms with Crippen molar-refractivity contribution in [2.45, 2.75) is 19.4 Å². The number of aryl methyl sites for hydroxylation is 1. The molecule has 22 heavy (non-hydrogen) atoms. The molecule has 1 aliphatic rings. The Morgan fingerprint density at radius 1 is 1.18 bits per heavy atom. The van der Waals surface area contributed by atoms with Crippen LogP contribution in [0, 0.1) is 12.7 Å². The summed E-state index contributed by atoms with van der Waals surface area (Å²) in [6.45, 7) is 3.46. The second-order valence-corrected chi connectivity index (χ2v) is 5.77. The molecule has 0 spiro atoms. The third-order valence-electron chi connectivity index (χ3n) is 3.57. The van der Waals surface area contributed by atoms with Crippen molar-refractivity contribution in [2.75, 3.05) is 13.1 Å². The van der Waals surface area contributed by atoms with Crippen LogP contribution in [0.4, 0.5) is 4.39 Å². The molecule has 1 saturated heterocycles. The summed E-state index contributed by atoms with van der Waals surface area (Å²) in [6.07, 6.45) is 1.08. The van der Waals surface area contributed by atoms with Crippen LogP contribution in [0.25, 0.3) is 0 Å². The van der Waals surface area contributed by atoms with Crippen molar-refractivity contribution >= 4 is 11.6 Å². The summed E-state index contributed by atoms with van der Waals surface area (Å²) >= 11 is 6.05. The van der Waals surface area contributed by atoms with Gasteiger partial charge in [0.05, 0.1) is 0 Å². The number of halogens is 2. The SMILES string of the molecule is Cc1cc(Oc2cc(Cl)ccc2OC2CCNC2)ccc1F. The lowest BCUT2D eigenvalue weighted by atomic mass is 10.2. The molecule has 116 valence electrons. The Kier molecular flexibility index (Phi) is 4.50. The summed E-state index contributed by atoms with van der Waals surface area (Å²) in [4.78, 5) is 0. The molecule has 1 fully saturated rings. The molecule has 1 heterocycles. The molecule has 0 radical (unpaired) electrons. The standard InChI is InChI=1S/C17H17ClFNO2/c1-11-8-13(3-4-15(11)19)21-17-9-12(18)2-5-16(17)22-14-6-7-20-10-14/h2-5,8-9,14,20H,6-7,10H2,1H3. The molecule has 0 aliphatic carbocycles. The van der Waals surface area contributed by atoms with E-state index in [9.17, 15) is 4.39 Å². The quantitative estimate of drug-likeness (QED) is 0.909. The van der Waals surface area contributed by atoms with Crippen molar-refractivity contribution in [3.05, 3.63) is 52.8 Å². The Labute approximate surface area is 134 Å². The van der Waals surface area contributed by atoms with Gasteiger partial charge in [-0.25, -0.2) is 4.39 Å². The molecule has 2 aromatic rings. The van der Waals surface area contributed by atoms with Crippen LogP contribution >= 0.6 is 11.6 Å². The van der Waals surface area contributed by atoms with Crippen LogP contribution in [0.3, 0.4) is 0 Å². The van der Waals surface area contributed by atoms with Crippen LogP contribution in [0.15, 0.2) is 36.4 Å². The van der Waals surface area contributed by atoms with Gasteiger partial charge in [-0.2, -0.15) is 0 Å². The molecule has 2 aromatic carbocycles.